The summed E-state index contributed by atoms with van der Waals surface area (Å²) in [6.45, 7) is 0.306. The summed E-state index contributed by atoms with van der Waals surface area (Å²) in [5.74, 6) is -2.28. The van der Waals surface area contributed by atoms with Crippen LogP contribution in [0.15, 0.2) is 42.5 Å². The third kappa shape index (κ3) is 4.52. The molecule has 0 unspecified atom stereocenters. The molecule has 0 aromatic heterocycles. The van der Waals surface area contributed by atoms with Crippen LogP contribution in [-0.4, -0.2) is 12.5 Å². The molecule has 0 saturated heterocycles. The Morgan fingerprint density at radius 3 is 2.29 bits per heavy atom. The molecule has 0 heterocycles. The second-order valence-electron chi connectivity index (χ2n) is 4.36. The smallest absolute Gasteiger partial charge is 0.226 e. The Morgan fingerprint density at radius 1 is 0.952 bits per heavy atom. The summed E-state index contributed by atoms with van der Waals surface area (Å²) >= 11 is 0. The lowest BCUT2D eigenvalue weighted by Crippen LogP contribution is -2.17. The van der Waals surface area contributed by atoms with Gasteiger partial charge in [0, 0.05) is 24.7 Å². The summed E-state index contributed by atoms with van der Waals surface area (Å²) in [5.41, 5.74) is 0.611. The van der Waals surface area contributed by atoms with Gasteiger partial charge in [-0.3, -0.25) is 4.79 Å². The first-order chi connectivity index (χ1) is 10.0. The first-order valence-electron chi connectivity index (χ1n) is 6.29. The normalized spacial score (nSPS) is 10.2. The molecule has 0 aliphatic carbocycles. The zero-order valence-electron chi connectivity index (χ0n) is 11.0. The number of hydrogen-bond donors (Lipinski definition) is 2. The fourth-order valence-electron chi connectivity index (χ4n) is 1.69. The van der Waals surface area contributed by atoms with Crippen LogP contribution in [-0.2, 0) is 4.79 Å². The van der Waals surface area contributed by atoms with Crippen LogP contribution in [0.25, 0.3) is 0 Å². The minimum atomic E-state index is -0.824. The van der Waals surface area contributed by atoms with Crippen LogP contribution in [0.3, 0.4) is 0 Å². The molecule has 0 aliphatic rings. The molecule has 2 rings (SSSR count). The van der Waals surface area contributed by atoms with Gasteiger partial charge in [0.1, 0.15) is 17.5 Å². The topological polar surface area (TPSA) is 41.1 Å². The van der Waals surface area contributed by atoms with Crippen LogP contribution in [0.5, 0.6) is 0 Å². The predicted molar refractivity (Wildman–Crippen MR) is 74.5 cm³/mol. The molecule has 0 radical (unpaired) electrons. The Kier molecular flexibility index (Phi) is 4.81. The summed E-state index contributed by atoms with van der Waals surface area (Å²) in [6.07, 6.45) is 0.0915. The van der Waals surface area contributed by atoms with E-state index in [2.05, 4.69) is 10.6 Å². The van der Waals surface area contributed by atoms with Gasteiger partial charge in [-0.05, 0) is 36.4 Å². The number of amides is 1. The number of anilines is 2. The lowest BCUT2D eigenvalue weighted by Gasteiger charge is -2.08. The van der Waals surface area contributed by atoms with Crippen LogP contribution < -0.4 is 10.6 Å². The average molecular weight is 294 g/mol. The monoisotopic (exact) mass is 294 g/mol. The molecule has 2 N–H and O–H groups in total. The fraction of sp³-hybridized carbons (Fsp3) is 0.133. The fourth-order valence-corrected chi connectivity index (χ4v) is 1.69. The second kappa shape index (κ2) is 6.78. The largest absolute Gasteiger partial charge is 0.385 e. The van der Waals surface area contributed by atoms with E-state index < -0.39 is 17.5 Å². The highest BCUT2D eigenvalue weighted by atomic mass is 19.1. The minimum absolute atomic E-state index is 0.0665. The number of rotatable bonds is 5. The van der Waals surface area contributed by atoms with Crippen molar-refractivity contribution in [2.24, 2.45) is 0 Å². The Bertz CT molecular complexity index is 629. The van der Waals surface area contributed by atoms with E-state index in [4.69, 9.17) is 0 Å². The Balaban J connectivity index is 1.81. The van der Waals surface area contributed by atoms with Gasteiger partial charge in [0.25, 0.3) is 0 Å². The highest BCUT2D eigenvalue weighted by Crippen LogP contribution is 2.15. The van der Waals surface area contributed by atoms with Crippen molar-refractivity contribution in [1.82, 2.24) is 0 Å². The van der Waals surface area contributed by atoms with Gasteiger partial charge >= 0.3 is 0 Å². The molecule has 2 aromatic carbocycles. The van der Waals surface area contributed by atoms with E-state index in [1.54, 1.807) is 12.1 Å². The van der Waals surface area contributed by atoms with Gasteiger partial charge in [-0.1, -0.05) is 0 Å². The Morgan fingerprint density at radius 2 is 1.62 bits per heavy atom. The number of halogens is 3. The van der Waals surface area contributed by atoms with Crippen molar-refractivity contribution in [3.63, 3.8) is 0 Å². The zero-order valence-corrected chi connectivity index (χ0v) is 11.0. The molecule has 2 aromatic rings. The standard InChI is InChI=1S/C15H13F3N2O/c16-10-1-4-12(5-2-10)19-8-7-15(21)20-14-6-3-11(17)9-13(14)18/h1-6,9,19H,7-8H2,(H,20,21). The Hall–Kier alpha value is -2.50. The second-order valence-corrected chi connectivity index (χ2v) is 4.36. The maximum atomic E-state index is 13.3. The molecule has 0 spiro atoms. The van der Waals surface area contributed by atoms with Crippen molar-refractivity contribution in [1.29, 1.82) is 0 Å². The first kappa shape index (κ1) is 14.9. The number of hydrogen-bond acceptors (Lipinski definition) is 2. The van der Waals surface area contributed by atoms with E-state index in [9.17, 15) is 18.0 Å². The van der Waals surface area contributed by atoms with E-state index in [0.717, 1.165) is 12.1 Å². The molecule has 6 heteroatoms. The highest BCUT2D eigenvalue weighted by molar-refractivity contribution is 5.91. The highest BCUT2D eigenvalue weighted by Gasteiger charge is 2.07. The number of nitrogens with one attached hydrogen (secondary N) is 2. The van der Waals surface area contributed by atoms with Gasteiger partial charge < -0.3 is 10.6 Å². The van der Waals surface area contributed by atoms with Gasteiger partial charge in [-0.15, -0.1) is 0 Å². The molecular weight excluding hydrogens is 281 g/mol. The summed E-state index contributed by atoms with van der Waals surface area (Å²) in [5, 5.41) is 5.28. The van der Waals surface area contributed by atoms with Crippen LogP contribution >= 0.6 is 0 Å². The molecule has 0 bridgehead atoms. The quantitative estimate of drug-likeness (QED) is 0.885. The van der Waals surface area contributed by atoms with Crippen molar-refractivity contribution in [3.05, 3.63) is 59.9 Å². The van der Waals surface area contributed by atoms with Crippen molar-refractivity contribution >= 4 is 17.3 Å². The van der Waals surface area contributed by atoms with Gasteiger partial charge in [0.15, 0.2) is 0 Å². The Labute approximate surface area is 119 Å². The van der Waals surface area contributed by atoms with Crippen LogP contribution in [0.1, 0.15) is 6.42 Å². The van der Waals surface area contributed by atoms with E-state index in [-0.39, 0.29) is 17.9 Å². The minimum Gasteiger partial charge on any atom is -0.385 e. The van der Waals surface area contributed by atoms with Crippen molar-refractivity contribution in [3.8, 4) is 0 Å². The van der Waals surface area contributed by atoms with Crippen LogP contribution in [0.4, 0.5) is 24.5 Å². The van der Waals surface area contributed by atoms with Gasteiger partial charge in [0.2, 0.25) is 5.91 Å². The maximum absolute atomic E-state index is 13.3. The van der Waals surface area contributed by atoms with Crippen molar-refractivity contribution in [2.45, 2.75) is 6.42 Å². The summed E-state index contributed by atoms with van der Waals surface area (Å²) in [7, 11) is 0. The third-order valence-corrected chi connectivity index (χ3v) is 2.73. The van der Waals surface area contributed by atoms with E-state index in [0.29, 0.717) is 18.3 Å². The summed E-state index contributed by atoms with van der Waals surface area (Å²) in [6, 6.07) is 8.63. The first-order valence-corrected chi connectivity index (χ1v) is 6.29. The van der Waals surface area contributed by atoms with Gasteiger partial charge in [0.05, 0.1) is 5.69 Å². The van der Waals surface area contributed by atoms with Gasteiger partial charge in [-0.25, -0.2) is 13.2 Å². The van der Waals surface area contributed by atoms with Gasteiger partial charge in [-0.2, -0.15) is 0 Å². The number of carbonyl (C=O) groups excluding carboxylic acids is 1. The van der Waals surface area contributed by atoms with E-state index in [1.807, 2.05) is 0 Å². The molecule has 0 aliphatic heterocycles. The summed E-state index contributed by atoms with van der Waals surface area (Å²) < 4.78 is 38.7. The third-order valence-electron chi connectivity index (χ3n) is 2.73. The van der Waals surface area contributed by atoms with E-state index in [1.165, 1.54) is 12.1 Å². The number of benzene rings is 2. The number of carbonyl (C=O) groups is 1. The lowest BCUT2D eigenvalue weighted by atomic mass is 10.2. The van der Waals surface area contributed by atoms with Crippen LogP contribution in [0.2, 0.25) is 0 Å². The molecule has 110 valence electrons. The molecule has 0 fully saturated rings. The molecule has 1 amide bonds. The van der Waals surface area contributed by atoms with Crippen LogP contribution in [0, 0.1) is 17.5 Å². The van der Waals surface area contributed by atoms with Crippen molar-refractivity contribution in [2.75, 3.05) is 17.2 Å². The molecule has 0 atom stereocenters. The van der Waals surface area contributed by atoms with E-state index >= 15 is 0 Å². The molecule has 0 saturated carbocycles. The average Bonchev–Trinajstić information content (AvgIpc) is 2.44. The molecule has 3 nitrogen and oxygen atoms in total. The zero-order chi connectivity index (χ0) is 15.2. The lowest BCUT2D eigenvalue weighted by molar-refractivity contribution is -0.116. The predicted octanol–water partition coefficient (Wildman–Crippen LogP) is 3.54. The SMILES string of the molecule is O=C(CCNc1ccc(F)cc1)Nc1ccc(F)cc1F. The molecular formula is C15H13F3N2O. The summed E-state index contributed by atoms with van der Waals surface area (Å²) in [4.78, 5) is 11.6. The maximum Gasteiger partial charge on any atom is 0.226 e. The van der Waals surface area contributed by atoms with Crippen molar-refractivity contribution < 1.29 is 18.0 Å². The molecule has 21 heavy (non-hydrogen) atoms.